The summed E-state index contributed by atoms with van der Waals surface area (Å²) >= 11 is 0. The van der Waals surface area contributed by atoms with Crippen molar-refractivity contribution in [3.63, 3.8) is 0 Å². The zero-order chi connectivity index (χ0) is 32.6. The number of ketones is 1. The van der Waals surface area contributed by atoms with E-state index < -0.39 is 89.5 Å². The number of allylic oxidation sites excluding steroid dienone is 1. The molecule has 0 radical (unpaired) electrons. The molecule has 8 N–H and O–H groups in total. The third-order valence-corrected chi connectivity index (χ3v) is 12.6. The summed E-state index contributed by atoms with van der Waals surface area (Å²) < 4.78 is 11.9. The van der Waals surface area contributed by atoms with Crippen molar-refractivity contribution in [2.24, 2.45) is 34.5 Å². The summed E-state index contributed by atoms with van der Waals surface area (Å²) in [7, 11) is 0. The first-order chi connectivity index (χ1) is 20.4. The van der Waals surface area contributed by atoms with Crippen LogP contribution in [0.5, 0.6) is 0 Å². The Morgan fingerprint density at radius 2 is 1.68 bits per heavy atom. The summed E-state index contributed by atoms with van der Waals surface area (Å²) in [5.41, 5.74) is -3.73. The Labute approximate surface area is 259 Å². The van der Waals surface area contributed by atoms with E-state index >= 15 is 0 Å². The Bertz CT molecular complexity index is 1110. The predicted molar refractivity (Wildman–Crippen MR) is 158 cm³/mol. The van der Waals surface area contributed by atoms with E-state index in [-0.39, 0.29) is 30.5 Å². The van der Waals surface area contributed by atoms with Crippen molar-refractivity contribution in [1.82, 2.24) is 0 Å². The van der Waals surface area contributed by atoms with Crippen molar-refractivity contribution in [3.05, 3.63) is 11.6 Å². The molecule has 4 aliphatic carbocycles. The van der Waals surface area contributed by atoms with E-state index in [2.05, 4.69) is 0 Å². The molecule has 11 nitrogen and oxygen atoms in total. The van der Waals surface area contributed by atoms with Crippen LogP contribution < -0.4 is 0 Å². The maximum atomic E-state index is 13.5. The van der Waals surface area contributed by atoms with Crippen LogP contribution in [0, 0.1) is 34.5 Å². The first kappa shape index (κ1) is 34.3. The second-order valence-electron chi connectivity index (χ2n) is 15.6. The summed E-state index contributed by atoms with van der Waals surface area (Å²) in [5.74, 6) is -0.956. The lowest BCUT2D eigenvalue weighted by Crippen LogP contribution is -2.64. The molecule has 0 spiro atoms. The third kappa shape index (κ3) is 5.23. The van der Waals surface area contributed by atoms with E-state index in [1.807, 2.05) is 27.7 Å². The summed E-state index contributed by atoms with van der Waals surface area (Å²) in [5, 5.41) is 87.0. The molecule has 0 aromatic carbocycles. The van der Waals surface area contributed by atoms with Crippen molar-refractivity contribution in [2.75, 3.05) is 6.61 Å². The predicted octanol–water partition coefficient (Wildman–Crippen LogP) is 0.563. The van der Waals surface area contributed by atoms with Gasteiger partial charge in [0.1, 0.15) is 24.4 Å². The Morgan fingerprint density at radius 3 is 2.32 bits per heavy atom. The average molecular weight is 627 g/mol. The standard InChI is InChI=1S/C33H54O11/c1-16(2)6-7-25(44-29-28(40)27(39)26(38)23(15-34)43-29)32(5,41)24-9-11-33(42)18-12-20(35)19-13-21(36)22(37)14-30(19,3)17(18)8-10-31(24,33)4/h12,16-17,19,21-29,34,36-42H,6-11,13-15H2,1-5H3/t17-,19-,21+,22-,23+,24-,25+,26+,27-,28+,29-,30+,31+,32+,33+/m0/s1. The normalized spacial score (nSPS) is 49.5. The molecule has 0 aromatic rings. The van der Waals surface area contributed by atoms with Gasteiger partial charge in [0.2, 0.25) is 0 Å². The van der Waals surface area contributed by atoms with Gasteiger partial charge in [-0.3, -0.25) is 4.79 Å². The molecule has 0 bridgehead atoms. The Kier molecular flexibility index (Phi) is 9.30. The second-order valence-corrected chi connectivity index (χ2v) is 15.6. The average Bonchev–Trinajstić information content (AvgIpc) is 3.24. The number of carbonyl (C=O) groups is 1. The smallest absolute Gasteiger partial charge is 0.187 e. The number of ether oxygens (including phenoxy) is 2. The maximum absolute atomic E-state index is 13.5. The minimum atomic E-state index is -1.62. The van der Waals surface area contributed by atoms with Gasteiger partial charge in [-0.2, -0.15) is 0 Å². The van der Waals surface area contributed by atoms with Crippen molar-refractivity contribution in [2.45, 2.75) is 146 Å². The molecule has 0 aromatic heterocycles. The van der Waals surface area contributed by atoms with Crippen LogP contribution >= 0.6 is 0 Å². The topological polar surface area (TPSA) is 197 Å². The molecule has 1 aliphatic heterocycles. The van der Waals surface area contributed by atoms with Gasteiger partial charge in [-0.05, 0) is 93.1 Å². The van der Waals surface area contributed by atoms with Crippen LogP contribution in [-0.4, -0.2) is 113 Å². The van der Waals surface area contributed by atoms with Gasteiger partial charge >= 0.3 is 0 Å². The molecule has 252 valence electrons. The number of hydrogen-bond donors (Lipinski definition) is 8. The van der Waals surface area contributed by atoms with Crippen LogP contribution in [-0.2, 0) is 14.3 Å². The van der Waals surface area contributed by atoms with Crippen LogP contribution in [0.1, 0.15) is 86.0 Å². The molecule has 0 unspecified atom stereocenters. The molecule has 5 rings (SSSR count). The van der Waals surface area contributed by atoms with Crippen LogP contribution in [0.4, 0.5) is 0 Å². The minimum absolute atomic E-state index is 0.140. The van der Waals surface area contributed by atoms with Gasteiger partial charge in [-0.25, -0.2) is 0 Å². The quantitative estimate of drug-likeness (QED) is 0.187. The van der Waals surface area contributed by atoms with Crippen LogP contribution in [0.15, 0.2) is 11.6 Å². The number of fused-ring (bicyclic) bond motifs is 5. The van der Waals surface area contributed by atoms with Crippen molar-refractivity contribution in [1.29, 1.82) is 0 Å². The van der Waals surface area contributed by atoms with Crippen molar-refractivity contribution in [3.8, 4) is 0 Å². The minimum Gasteiger partial charge on any atom is -0.394 e. The van der Waals surface area contributed by atoms with E-state index in [1.54, 1.807) is 13.0 Å². The molecular weight excluding hydrogens is 572 g/mol. The largest absolute Gasteiger partial charge is 0.394 e. The van der Waals surface area contributed by atoms with E-state index in [9.17, 15) is 45.6 Å². The van der Waals surface area contributed by atoms with E-state index in [0.717, 1.165) is 0 Å². The fourth-order valence-electron chi connectivity index (χ4n) is 9.86. The number of rotatable bonds is 8. The molecule has 1 heterocycles. The van der Waals surface area contributed by atoms with Crippen molar-refractivity contribution < 1.29 is 55.1 Å². The monoisotopic (exact) mass is 626 g/mol. The highest BCUT2D eigenvalue weighted by Crippen LogP contribution is 2.68. The lowest BCUT2D eigenvalue weighted by atomic mass is 9.45. The molecule has 15 atom stereocenters. The van der Waals surface area contributed by atoms with E-state index in [0.29, 0.717) is 44.1 Å². The lowest BCUT2D eigenvalue weighted by Gasteiger charge is -2.61. The summed E-state index contributed by atoms with van der Waals surface area (Å²) in [6.45, 7) is 9.11. The molecule has 1 saturated heterocycles. The van der Waals surface area contributed by atoms with Crippen LogP contribution in [0.3, 0.4) is 0 Å². The molecule has 5 aliphatic rings. The molecule has 11 heteroatoms. The highest BCUT2D eigenvalue weighted by Gasteiger charge is 2.69. The maximum Gasteiger partial charge on any atom is 0.187 e. The number of aliphatic hydroxyl groups is 8. The fourth-order valence-corrected chi connectivity index (χ4v) is 9.86. The number of aliphatic hydroxyl groups excluding tert-OH is 6. The second kappa shape index (κ2) is 11.9. The van der Waals surface area contributed by atoms with Gasteiger partial charge in [0.15, 0.2) is 12.1 Å². The molecular formula is C33H54O11. The summed E-state index contributed by atoms with van der Waals surface area (Å²) in [6, 6.07) is 0. The van der Waals surface area contributed by atoms with Crippen LogP contribution in [0.2, 0.25) is 0 Å². The molecule has 44 heavy (non-hydrogen) atoms. The Morgan fingerprint density at radius 1 is 1.00 bits per heavy atom. The van der Waals surface area contributed by atoms with Gasteiger partial charge in [0.25, 0.3) is 0 Å². The zero-order valence-corrected chi connectivity index (χ0v) is 26.7. The first-order valence-electron chi connectivity index (χ1n) is 16.4. The lowest BCUT2D eigenvalue weighted by molar-refractivity contribution is -0.328. The SMILES string of the molecule is CC(C)CC[C@@H](O[C@@H]1O[C@H](CO)[C@@H](O)[C@H](O)[C@H]1O)[C@](C)(O)[C@H]1CC[C@@]2(O)C3=CC(=O)[C@@H]4C[C@@H](O)[C@@H](O)C[C@]4(C)[C@H]3CC[C@]12C. The van der Waals surface area contributed by atoms with Crippen LogP contribution in [0.25, 0.3) is 0 Å². The fraction of sp³-hybridized carbons (Fsp3) is 0.909. The Hall–Kier alpha value is -0.990. The molecule has 4 fully saturated rings. The summed E-state index contributed by atoms with van der Waals surface area (Å²) in [4.78, 5) is 13.5. The zero-order valence-electron chi connectivity index (χ0n) is 26.7. The Balaban J connectivity index is 1.46. The van der Waals surface area contributed by atoms with Gasteiger partial charge in [-0.15, -0.1) is 0 Å². The third-order valence-electron chi connectivity index (χ3n) is 12.6. The molecule has 0 amide bonds. The number of carbonyl (C=O) groups excluding carboxylic acids is 1. The highest BCUT2D eigenvalue weighted by atomic mass is 16.7. The molecule has 3 saturated carbocycles. The van der Waals surface area contributed by atoms with Gasteiger partial charge in [-0.1, -0.05) is 27.7 Å². The van der Waals surface area contributed by atoms with E-state index in [1.165, 1.54) is 0 Å². The van der Waals surface area contributed by atoms with Crippen molar-refractivity contribution >= 4 is 5.78 Å². The van der Waals surface area contributed by atoms with Gasteiger partial charge in [0, 0.05) is 11.3 Å². The van der Waals surface area contributed by atoms with Gasteiger partial charge in [0.05, 0.1) is 36.1 Å². The highest BCUT2D eigenvalue weighted by molar-refractivity contribution is 5.95. The van der Waals surface area contributed by atoms with E-state index in [4.69, 9.17) is 9.47 Å². The number of hydrogen-bond acceptors (Lipinski definition) is 11. The summed E-state index contributed by atoms with van der Waals surface area (Å²) in [6.07, 6.45) is -5.08. The first-order valence-corrected chi connectivity index (χ1v) is 16.4. The van der Waals surface area contributed by atoms with Gasteiger partial charge < -0.3 is 50.3 Å².